The zero-order chi connectivity index (χ0) is 14.8. The molecular formula is C12H19N3O4S. The molecule has 0 bridgehead atoms. The maximum Gasteiger partial charge on any atom is 0.287 e. The van der Waals surface area contributed by atoms with Crippen LogP contribution < -0.4 is 16.2 Å². The van der Waals surface area contributed by atoms with Crippen molar-refractivity contribution in [2.24, 2.45) is 16.8 Å². The lowest BCUT2D eigenvalue weighted by Crippen LogP contribution is -2.44. The smallest absolute Gasteiger partial charge is 0.287 e. The summed E-state index contributed by atoms with van der Waals surface area (Å²) in [5, 5.41) is 7.37. The summed E-state index contributed by atoms with van der Waals surface area (Å²) in [5.41, 5.74) is 5.70. The van der Waals surface area contributed by atoms with Gasteiger partial charge in [0.15, 0.2) is 5.76 Å². The molecule has 5 N–H and O–H groups in total. The molecule has 0 aliphatic heterocycles. The van der Waals surface area contributed by atoms with Crippen LogP contribution in [0.1, 0.15) is 36.2 Å². The number of rotatable bonds is 4. The Bertz CT molecular complexity index is 581. The highest BCUT2D eigenvalue weighted by Gasteiger charge is 2.27. The normalized spacial score (nSPS) is 23.5. The summed E-state index contributed by atoms with van der Waals surface area (Å²) in [4.78, 5) is 12.0. The molecule has 1 amide bonds. The van der Waals surface area contributed by atoms with Gasteiger partial charge in [-0.05, 0) is 37.4 Å². The molecule has 0 saturated heterocycles. The van der Waals surface area contributed by atoms with Crippen LogP contribution in [0.2, 0.25) is 0 Å². The van der Waals surface area contributed by atoms with Crippen molar-refractivity contribution in [3.05, 3.63) is 17.9 Å². The van der Waals surface area contributed by atoms with Crippen molar-refractivity contribution in [1.29, 1.82) is 0 Å². The summed E-state index contributed by atoms with van der Waals surface area (Å²) in [5.74, 6) is -0.249. The molecular weight excluding hydrogens is 282 g/mol. The van der Waals surface area contributed by atoms with Crippen molar-refractivity contribution in [2.45, 2.75) is 36.8 Å². The van der Waals surface area contributed by atoms with Gasteiger partial charge >= 0.3 is 0 Å². The number of furan rings is 1. The average Bonchev–Trinajstić information content (AvgIpc) is 2.89. The Labute approximate surface area is 117 Å². The monoisotopic (exact) mass is 301 g/mol. The molecule has 2 atom stereocenters. The number of hydrogen-bond acceptors (Lipinski definition) is 5. The first kappa shape index (κ1) is 15.0. The fourth-order valence-corrected chi connectivity index (χ4v) is 2.98. The standard InChI is InChI=1S/C12H19N3O4S/c13-7-8-3-1-2-4-9(8)15-12(16)10-5-6-11(19-10)20(14,17)18/h5-6,8-9H,1-4,7,13H2,(H,15,16)(H2,14,17,18). The summed E-state index contributed by atoms with van der Waals surface area (Å²) in [6.45, 7) is 0.519. The van der Waals surface area contributed by atoms with Crippen LogP contribution in [0.25, 0.3) is 0 Å². The van der Waals surface area contributed by atoms with E-state index in [0.29, 0.717) is 6.54 Å². The number of carbonyl (C=O) groups excluding carboxylic acids is 1. The molecule has 8 heteroatoms. The van der Waals surface area contributed by atoms with Crippen LogP contribution in [0, 0.1) is 5.92 Å². The molecule has 1 aliphatic rings. The number of nitrogens with two attached hydrogens (primary N) is 2. The molecule has 1 aliphatic carbocycles. The molecule has 2 rings (SSSR count). The number of hydrogen-bond donors (Lipinski definition) is 3. The summed E-state index contributed by atoms with van der Waals surface area (Å²) in [6, 6.07) is 2.48. The van der Waals surface area contributed by atoms with Crippen LogP contribution in [-0.2, 0) is 10.0 Å². The van der Waals surface area contributed by atoms with E-state index in [1.807, 2.05) is 0 Å². The zero-order valence-electron chi connectivity index (χ0n) is 11.0. The molecule has 2 unspecified atom stereocenters. The molecule has 0 aromatic carbocycles. The molecule has 7 nitrogen and oxygen atoms in total. The Hall–Kier alpha value is -1.38. The van der Waals surface area contributed by atoms with Gasteiger partial charge in [-0.15, -0.1) is 0 Å². The van der Waals surface area contributed by atoms with Gasteiger partial charge in [0.05, 0.1) is 0 Å². The van der Waals surface area contributed by atoms with E-state index in [2.05, 4.69) is 5.32 Å². The number of nitrogens with one attached hydrogen (secondary N) is 1. The molecule has 0 radical (unpaired) electrons. The number of carbonyl (C=O) groups is 1. The molecule has 20 heavy (non-hydrogen) atoms. The minimum atomic E-state index is -3.93. The first-order valence-electron chi connectivity index (χ1n) is 6.55. The van der Waals surface area contributed by atoms with Crippen LogP contribution in [0.5, 0.6) is 0 Å². The summed E-state index contributed by atoms with van der Waals surface area (Å²) in [6.07, 6.45) is 4.02. The van der Waals surface area contributed by atoms with Crippen molar-refractivity contribution >= 4 is 15.9 Å². The Kier molecular flexibility index (Phi) is 4.46. The fourth-order valence-electron chi connectivity index (χ4n) is 2.51. The second-order valence-electron chi connectivity index (χ2n) is 5.02. The second-order valence-corrected chi connectivity index (χ2v) is 6.52. The maximum absolute atomic E-state index is 12.0. The van der Waals surface area contributed by atoms with Gasteiger partial charge in [0.25, 0.3) is 15.9 Å². The highest BCUT2D eigenvalue weighted by Crippen LogP contribution is 2.24. The predicted molar refractivity (Wildman–Crippen MR) is 72.3 cm³/mol. The molecule has 112 valence electrons. The van der Waals surface area contributed by atoms with Crippen molar-refractivity contribution < 1.29 is 17.6 Å². The Morgan fingerprint density at radius 3 is 2.65 bits per heavy atom. The largest absolute Gasteiger partial charge is 0.438 e. The molecule has 0 spiro atoms. The molecule has 1 aromatic heterocycles. The number of primary sulfonamides is 1. The lowest BCUT2D eigenvalue weighted by atomic mass is 9.84. The minimum Gasteiger partial charge on any atom is -0.438 e. The van der Waals surface area contributed by atoms with Gasteiger partial charge < -0.3 is 15.5 Å². The predicted octanol–water partition coefficient (Wildman–Crippen LogP) is 0.174. The fraction of sp³-hybridized carbons (Fsp3) is 0.583. The summed E-state index contributed by atoms with van der Waals surface area (Å²) in [7, 11) is -3.93. The maximum atomic E-state index is 12.0. The van der Waals surface area contributed by atoms with Crippen LogP contribution >= 0.6 is 0 Å². The van der Waals surface area contributed by atoms with E-state index in [1.54, 1.807) is 0 Å². The van der Waals surface area contributed by atoms with Crippen molar-refractivity contribution in [3.8, 4) is 0 Å². The SMILES string of the molecule is NCC1CCCCC1NC(=O)c1ccc(S(N)(=O)=O)o1. The van der Waals surface area contributed by atoms with E-state index in [9.17, 15) is 13.2 Å². The minimum absolute atomic E-state index is 0.00397. The highest BCUT2D eigenvalue weighted by molar-refractivity contribution is 7.89. The van der Waals surface area contributed by atoms with Crippen LogP contribution in [0.4, 0.5) is 0 Å². The van der Waals surface area contributed by atoms with E-state index < -0.39 is 21.0 Å². The lowest BCUT2D eigenvalue weighted by molar-refractivity contribution is 0.0874. The van der Waals surface area contributed by atoms with Gasteiger partial charge in [-0.3, -0.25) is 4.79 Å². The third-order valence-corrected chi connectivity index (χ3v) is 4.39. The van der Waals surface area contributed by atoms with Crippen LogP contribution in [0.3, 0.4) is 0 Å². The van der Waals surface area contributed by atoms with E-state index in [4.69, 9.17) is 15.3 Å². The first-order valence-corrected chi connectivity index (χ1v) is 8.10. The molecule has 1 saturated carbocycles. The van der Waals surface area contributed by atoms with Crippen LogP contribution in [0.15, 0.2) is 21.6 Å². The van der Waals surface area contributed by atoms with Gasteiger partial charge in [-0.2, -0.15) is 0 Å². The summed E-state index contributed by atoms with van der Waals surface area (Å²) < 4.78 is 27.1. The molecule has 1 heterocycles. The van der Waals surface area contributed by atoms with Gasteiger partial charge in [0.2, 0.25) is 5.09 Å². The first-order chi connectivity index (χ1) is 9.41. The van der Waals surface area contributed by atoms with Gasteiger partial charge in [-0.25, -0.2) is 13.6 Å². The average molecular weight is 301 g/mol. The van der Waals surface area contributed by atoms with Crippen molar-refractivity contribution in [2.75, 3.05) is 6.54 Å². The van der Waals surface area contributed by atoms with Crippen LogP contribution in [-0.4, -0.2) is 26.9 Å². The number of amides is 1. The van der Waals surface area contributed by atoms with Gasteiger partial charge in [-0.1, -0.05) is 12.8 Å². The zero-order valence-corrected chi connectivity index (χ0v) is 11.9. The second kappa shape index (κ2) is 5.94. The number of sulfonamides is 1. The topological polar surface area (TPSA) is 128 Å². The molecule has 1 aromatic rings. The van der Waals surface area contributed by atoms with E-state index >= 15 is 0 Å². The van der Waals surface area contributed by atoms with Crippen molar-refractivity contribution in [1.82, 2.24) is 5.32 Å². The molecule has 1 fully saturated rings. The quantitative estimate of drug-likeness (QED) is 0.730. The van der Waals surface area contributed by atoms with Gasteiger partial charge in [0, 0.05) is 6.04 Å². The van der Waals surface area contributed by atoms with Gasteiger partial charge in [0.1, 0.15) is 0 Å². The Morgan fingerprint density at radius 1 is 1.35 bits per heavy atom. The highest BCUT2D eigenvalue weighted by atomic mass is 32.2. The Balaban J connectivity index is 2.06. The van der Waals surface area contributed by atoms with E-state index in [-0.39, 0.29) is 17.7 Å². The Morgan fingerprint density at radius 2 is 2.05 bits per heavy atom. The van der Waals surface area contributed by atoms with Crippen molar-refractivity contribution in [3.63, 3.8) is 0 Å². The summed E-state index contributed by atoms with van der Waals surface area (Å²) >= 11 is 0. The third-order valence-electron chi connectivity index (χ3n) is 3.61. The third kappa shape index (κ3) is 3.38. The van der Waals surface area contributed by atoms with E-state index in [0.717, 1.165) is 25.7 Å². The lowest BCUT2D eigenvalue weighted by Gasteiger charge is -2.30. The van der Waals surface area contributed by atoms with E-state index in [1.165, 1.54) is 12.1 Å².